The standard InChI is InChI=1S/C19H19N3/c1-12-2-4-15-11-16(22-18(15)8-12)9-13-3-5-14-6-7-21-19(20)17(14)10-13/h2-8,10,16,22H,9,11H2,1H3,(H2,20,21). The van der Waals surface area contributed by atoms with Gasteiger partial charge in [-0.3, -0.25) is 0 Å². The zero-order valence-corrected chi connectivity index (χ0v) is 12.6. The van der Waals surface area contributed by atoms with Crippen molar-refractivity contribution in [1.29, 1.82) is 0 Å². The molecule has 0 aliphatic carbocycles. The quantitative estimate of drug-likeness (QED) is 0.756. The Labute approximate surface area is 130 Å². The number of anilines is 2. The number of nitrogens with one attached hydrogen (secondary N) is 1. The summed E-state index contributed by atoms with van der Waals surface area (Å²) in [6, 6.07) is 15.6. The minimum atomic E-state index is 0.451. The number of hydrogen-bond acceptors (Lipinski definition) is 3. The lowest BCUT2D eigenvalue weighted by molar-refractivity contribution is 0.747. The number of aryl methyl sites for hydroxylation is 1. The van der Waals surface area contributed by atoms with Gasteiger partial charge in [-0.2, -0.15) is 0 Å². The Morgan fingerprint density at radius 2 is 2.09 bits per heavy atom. The average Bonchev–Trinajstić information content (AvgIpc) is 2.89. The average molecular weight is 289 g/mol. The summed E-state index contributed by atoms with van der Waals surface area (Å²) >= 11 is 0. The summed E-state index contributed by atoms with van der Waals surface area (Å²) in [6.45, 7) is 2.13. The maximum atomic E-state index is 5.99. The molecule has 0 amide bonds. The topological polar surface area (TPSA) is 50.9 Å². The first-order chi connectivity index (χ1) is 10.7. The van der Waals surface area contributed by atoms with Crippen molar-refractivity contribution in [2.24, 2.45) is 0 Å². The molecule has 1 unspecified atom stereocenters. The summed E-state index contributed by atoms with van der Waals surface area (Å²) < 4.78 is 0. The molecule has 1 aliphatic rings. The van der Waals surface area contributed by atoms with E-state index in [4.69, 9.17) is 5.73 Å². The number of pyridine rings is 1. The van der Waals surface area contributed by atoms with Gasteiger partial charge in [-0.05, 0) is 60.0 Å². The van der Waals surface area contributed by atoms with Crippen LogP contribution in [-0.2, 0) is 12.8 Å². The highest BCUT2D eigenvalue weighted by atomic mass is 14.9. The number of nitrogens with two attached hydrogens (primary N) is 1. The second-order valence-corrected chi connectivity index (χ2v) is 6.16. The van der Waals surface area contributed by atoms with E-state index in [2.05, 4.69) is 53.6 Å². The van der Waals surface area contributed by atoms with Gasteiger partial charge in [0.2, 0.25) is 0 Å². The molecule has 0 fully saturated rings. The molecular weight excluding hydrogens is 270 g/mol. The van der Waals surface area contributed by atoms with Crippen LogP contribution in [-0.4, -0.2) is 11.0 Å². The summed E-state index contributed by atoms with van der Waals surface area (Å²) in [4.78, 5) is 4.18. The van der Waals surface area contributed by atoms with Gasteiger partial charge < -0.3 is 11.1 Å². The number of fused-ring (bicyclic) bond motifs is 2. The van der Waals surface area contributed by atoms with Crippen molar-refractivity contribution >= 4 is 22.3 Å². The van der Waals surface area contributed by atoms with Crippen LogP contribution in [0.1, 0.15) is 16.7 Å². The van der Waals surface area contributed by atoms with Gasteiger partial charge >= 0.3 is 0 Å². The second-order valence-electron chi connectivity index (χ2n) is 6.16. The Morgan fingerprint density at radius 1 is 1.18 bits per heavy atom. The summed E-state index contributed by atoms with van der Waals surface area (Å²) in [5.74, 6) is 0.609. The maximum Gasteiger partial charge on any atom is 0.131 e. The molecule has 22 heavy (non-hydrogen) atoms. The summed E-state index contributed by atoms with van der Waals surface area (Å²) in [5, 5.41) is 5.83. The van der Waals surface area contributed by atoms with E-state index in [0.29, 0.717) is 11.9 Å². The van der Waals surface area contributed by atoms with Crippen molar-refractivity contribution in [2.75, 3.05) is 11.1 Å². The van der Waals surface area contributed by atoms with E-state index in [1.165, 1.54) is 22.4 Å². The van der Waals surface area contributed by atoms with E-state index in [1.54, 1.807) is 6.20 Å². The number of nitrogens with zero attached hydrogens (tertiary/aromatic N) is 1. The number of hydrogen-bond donors (Lipinski definition) is 2. The van der Waals surface area contributed by atoms with Crippen molar-refractivity contribution in [2.45, 2.75) is 25.8 Å². The van der Waals surface area contributed by atoms with Crippen LogP contribution >= 0.6 is 0 Å². The van der Waals surface area contributed by atoms with E-state index in [1.807, 2.05) is 6.07 Å². The third-order valence-corrected chi connectivity index (χ3v) is 4.43. The van der Waals surface area contributed by atoms with Crippen LogP contribution < -0.4 is 11.1 Å². The van der Waals surface area contributed by atoms with Crippen LogP contribution in [0.3, 0.4) is 0 Å². The van der Waals surface area contributed by atoms with Crippen LogP contribution in [0.15, 0.2) is 48.7 Å². The molecule has 3 nitrogen and oxygen atoms in total. The van der Waals surface area contributed by atoms with E-state index in [-0.39, 0.29) is 0 Å². The van der Waals surface area contributed by atoms with Crippen molar-refractivity contribution in [3.8, 4) is 0 Å². The fourth-order valence-corrected chi connectivity index (χ4v) is 3.31. The first kappa shape index (κ1) is 13.1. The first-order valence-electron chi connectivity index (χ1n) is 7.68. The SMILES string of the molecule is Cc1ccc2c(c1)NC(Cc1ccc3ccnc(N)c3c1)C2. The molecule has 4 rings (SSSR count). The van der Waals surface area contributed by atoms with Gasteiger partial charge in [-0.1, -0.05) is 24.3 Å². The Kier molecular flexibility index (Phi) is 3.00. The molecule has 3 aromatic rings. The summed E-state index contributed by atoms with van der Waals surface area (Å²) in [5.41, 5.74) is 11.3. The van der Waals surface area contributed by atoms with Gasteiger partial charge in [0.15, 0.2) is 0 Å². The summed E-state index contributed by atoms with van der Waals surface area (Å²) in [7, 11) is 0. The van der Waals surface area contributed by atoms with Crippen LogP contribution in [0.2, 0.25) is 0 Å². The van der Waals surface area contributed by atoms with Gasteiger partial charge in [0.1, 0.15) is 5.82 Å². The molecule has 2 heterocycles. The molecule has 1 atom stereocenters. The number of rotatable bonds is 2. The predicted octanol–water partition coefficient (Wildman–Crippen LogP) is 3.70. The Balaban J connectivity index is 1.59. The van der Waals surface area contributed by atoms with E-state index < -0.39 is 0 Å². The third-order valence-electron chi connectivity index (χ3n) is 4.43. The molecule has 0 saturated heterocycles. The van der Waals surface area contributed by atoms with Gasteiger partial charge in [0.25, 0.3) is 0 Å². The monoisotopic (exact) mass is 289 g/mol. The van der Waals surface area contributed by atoms with Gasteiger partial charge in [-0.15, -0.1) is 0 Å². The minimum Gasteiger partial charge on any atom is -0.383 e. The van der Waals surface area contributed by atoms with Crippen LogP contribution in [0, 0.1) is 6.92 Å². The number of aromatic nitrogens is 1. The maximum absolute atomic E-state index is 5.99. The zero-order chi connectivity index (χ0) is 15.1. The highest BCUT2D eigenvalue weighted by Gasteiger charge is 2.20. The minimum absolute atomic E-state index is 0.451. The molecular formula is C19H19N3. The van der Waals surface area contributed by atoms with Crippen molar-refractivity contribution in [1.82, 2.24) is 4.98 Å². The molecule has 1 aliphatic heterocycles. The van der Waals surface area contributed by atoms with E-state index in [0.717, 1.165) is 23.6 Å². The lowest BCUT2D eigenvalue weighted by Gasteiger charge is -2.12. The lowest BCUT2D eigenvalue weighted by atomic mass is 10.00. The molecule has 110 valence electrons. The van der Waals surface area contributed by atoms with E-state index in [9.17, 15) is 0 Å². The molecule has 0 radical (unpaired) electrons. The van der Waals surface area contributed by atoms with Crippen molar-refractivity contribution < 1.29 is 0 Å². The molecule has 0 saturated carbocycles. The Morgan fingerprint density at radius 3 is 3.00 bits per heavy atom. The fraction of sp³-hybridized carbons (Fsp3) is 0.211. The molecule has 1 aromatic heterocycles. The van der Waals surface area contributed by atoms with E-state index >= 15 is 0 Å². The molecule has 3 N–H and O–H groups in total. The van der Waals surface area contributed by atoms with Crippen molar-refractivity contribution in [3.63, 3.8) is 0 Å². The van der Waals surface area contributed by atoms with Gasteiger partial charge in [0, 0.05) is 23.3 Å². The second kappa shape index (κ2) is 5.02. The first-order valence-corrected chi connectivity index (χ1v) is 7.68. The highest BCUT2D eigenvalue weighted by Crippen LogP contribution is 2.29. The molecule has 0 bridgehead atoms. The summed E-state index contributed by atoms with van der Waals surface area (Å²) in [6.07, 6.45) is 3.84. The highest BCUT2D eigenvalue weighted by molar-refractivity contribution is 5.91. The smallest absolute Gasteiger partial charge is 0.131 e. The lowest BCUT2D eigenvalue weighted by Crippen LogP contribution is -2.18. The Hall–Kier alpha value is -2.55. The van der Waals surface area contributed by atoms with Crippen molar-refractivity contribution in [3.05, 3.63) is 65.4 Å². The largest absolute Gasteiger partial charge is 0.383 e. The number of nitrogen functional groups attached to an aromatic ring is 1. The van der Waals surface area contributed by atoms with Gasteiger partial charge in [0.05, 0.1) is 0 Å². The normalized spacial score (nSPS) is 16.5. The van der Waals surface area contributed by atoms with Gasteiger partial charge in [-0.25, -0.2) is 4.98 Å². The molecule has 0 spiro atoms. The Bertz CT molecular complexity index is 854. The van der Waals surface area contributed by atoms with Crippen LogP contribution in [0.5, 0.6) is 0 Å². The number of benzene rings is 2. The molecule has 3 heteroatoms. The van der Waals surface area contributed by atoms with Crippen LogP contribution in [0.4, 0.5) is 11.5 Å². The fourth-order valence-electron chi connectivity index (χ4n) is 3.31. The third kappa shape index (κ3) is 2.29. The predicted molar refractivity (Wildman–Crippen MR) is 92.2 cm³/mol. The zero-order valence-electron chi connectivity index (χ0n) is 12.6. The molecule has 2 aromatic carbocycles. The van der Waals surface area contributed by atoms with Crippen LogP contribution in [0.25, 0.3) is 10.8 Å².